The van der Waals surface area contributed by atoms with Crippen molar-refractivity contribution in [1.82, 2.24) is 19.9 Å². The molecule has 0 saturated heterocycles. The first-order valence-electron chi connectivity index (χ1n) is 7.84. The molecule has 3 aromatic heterocycles. The summed E-state index contributed by atoms with van der Waals surface area (Å²) < 4.78 is 45.2. The summed E-state index contributed by atoms with van der Waals surface area (Å²) >= 11 is 0. The Morgan fingerprint density at radius 3 is 2.69 bits per heavy atom. The second-order valence-electron chi connectivity index (χ2n) is 5.94. The number of anilines is 1. The number of nitrogens with zero attached hydrogens (tertiary/aromatic N) is 4. The summed E-state index contributed by atoms with van der Waals surface area (Å²) in [6.45, 7) is 1.83. The topological polar surface area (TPSA) is 70.8 Å². The normalized spacial score (nSPS) is 13.4. The number of furan rings is 1. The van der Waals surface area contributed by atoms with E-state index in [1.54, 1.807) is 11.9 Å². The van der Waals surface area contributed by atoms with Gasteiger partial charge >= 0.3 is 6.18 Å². The summed E-state index contributed by atoms with van der Waals surface area (Å²) in [6, 6.07) is 9.01. The second kappa shape index (κ2) is 5.72. The van der Waals surface area contributed by atoms with Crippen LogP contribution in [0.2, 0.25) is 0 Å². The quantitative estimate of drug-likeness (QED) is 0.589. The van der Waals surface area contributed by atoms with Crippen molar-refractivity contribution in [3.8, 4) is 0 Å². The Bertz CT molecular complexity index is 1050. The highest BCUT2D eigenvalue weighted by molar-refractivity contribution is 5.83. The van der Waals surface area contributed by atoms with E-state index in [-0.39, 0.29) is 17.5 Å². The average molecular weight is 361 g/mol. The molecule has 0 spiro atoms. The molecular formula is C17H14F3N5O. The van der Waals surface area contributed by atoms with Crippen LogP contribution < -0.4 is 4.90 Å². The molecule has 1 unspecified atom stereocenters. The van der Waals surface area contributed by atoms with Crippen LogP contribution in [0.15, 0.2) is 41.1 Å². The van der Waals surface area contributed by atoms with Crippen molar-refractivity contribution < 1.29 is 17.6 Å². The highest BCUT2D eigenvalue weighted by Crippen LogP contribution is 2.34. The van der Waals surface area contributed by atoms with Gasteiger partial charge in [0.25, 0.3) is 0 Å². The van der Waals surface area contributed by atoms with Gasteiger partial charge in [-0.3, -0.25) is 0 Å². The number of H-pyrrole nitrogens is 1. The monoisotopic (exact) mass is 361 g/mol. The van der Waals surface area contributed by atoms with Crippen LogP contribution in [0.1, 0.15) is 24.6 Å². The smallest absolute Gasteiger partial charge is 0.451 e. The van der Waals surface area contributed by atoms with E-state index in [0.717, 1.165) is 5.39 Å². The summed E-state index contributed by atoms with van der Waals surface area (Å²) in [5.74, 6) is -0.503. The van der Waals surface area contributed by atoms with Crippen LogP contribution in [0.3, 0.4) is 0 Å². The van der Waals surface area contributed by atoms with Crippen molar-refractivity contribution in [2.24, 2.45) is 0 Å². The van der Waals surface area contributed by atoms with E-state index in [9.17, 15) is 13.2 Å². The fourth-order valence-corrected chi connectivity index (χ4v) is 2.78. The molecule has 0 aliphatic rings. The first kappa shape index (κ1) is 16.4. The van der Waals surface area contributed by atoms with Gasteiger partial charge in [-0.05, 0) is 19.1 Å². The Hall–Kier alpha value is -3.10. The van der Waals surface area contributed by atoms with Gasteiger partial charge in [-0.25, -0.2) is 15.0 Å². The third-order valence-corrected chi connectivity index (χ3v) is 4.29. The van der Waals surface area contributed by atoms with E-state index in [2.05, 4.69) is 19.9 Å². The number of hydrogen-bond acceptors (Lipinski definition) is 5. The van der Waals surface area contributed by atoms with E-state index in [1.807, 2.05) is 37.3 Å². The molecular weight excluding hydrogens is 347 g/mol. The third-order valence-electron chi connectivity index (χ3n) is 4.29. The molecule has 0 amide bonds. The molecule has 6 nitrogen and oxygen atoms in total. The number of rotatable bonds is 3. The SMILES string of the molecule is CC(c1cc2ccccc2o1)N(C)c1nc(C(F)(F)F)nc2nc[nH]c12. The molecule has 1 aromatic carbocycles. The zero-order chi connectivity index (χ0) is 18.5. The summed E-state index contributed by atoms with van der Waals surface area (Å²) in [5, 5.41) is 0.924. The number of aromatic amines is 1. The van der Waals surface area contributed by atoms with Crippen molar-refractivity contribution in [2.75, 3.05) is 11.9 Å². The number of hydrogen-bond donors (Lipinski definition) is 1. The average Bonchev–Trinajstić information content (AvgIpc) is 3.25. The Labute approximate surface area is 145 Å². The Balaban J connectivity index is 1.79. The maximum Gasteiger partial charge on any atom is 0.451 e. The van der Waals surface area contributed by atoms with E-state index in [0.29, 0.717) is 16.9 Å². The predicted octanol–water partition coefficient (Wildman–Crippen LogP) is 4.32. The highest BCUT2D eigenvalue weighted by atomic mass is 19.4. The number of benzene rings is 1. The molecule has 0 radical (unpaired) electrons. The highest BCUT2D eigenvalue weighted by Gasteiger charge is 2.36. The van der Waals surface area contributed by atoms with Gasteiger partial charge in [-0.1, -0.05) is 18.2 Å². The van der Waals surface area contributed by atoms with Gasteiger partial charge in [0.15, 0.2) is 11.5 Å². The molecule has 3 heterocycles. The number of halogens is 3. The van der Waals surface area contributed by atoms with Crippen LogP contribution in [0.25, 0.3) is 22.1 Å². The molecule has 1 atom stereocenters. The lowest BCUT2D eigenvalue weighted by molar-refractivity contribution is -0.144. The third kappa shape index (κ3) is 2.65. The standard InChI is InChI=1S/C17H14F3N5O/c1-9(12-7-10-5-3-4-6-11(10)26-12)25(2)15-13-14(22-8-21-13)23-16(24-15)17(18,19)20/h3-9H,1-2H3,(H,21,22,23,24). The van der Waals surface area contributed by atoms with Gasteiger partial charge < -0.3 is 14.3 Å². The molecule has 0 bridgehead atoms. The second-order valence-corrected chi connectivity index (χ2v) is 5.94. The van der Waals surface area contributed by atoms with Gasteiger partial charge in [0.05, 0.1) is 12.4 Å². The van der Waals surface area contributed by atoms with Crippen LogP contribution in [-0.2, 0) is 6.18 Å². The minimum atomic E-state index is -4.66. The zero-order valence-electron chi connectivity index (χ0n) is 13.9. The largest absolute Gasteiger partial charge is 0.459 e. The summed E-state index contributed by atoms with van der Waals surface area (Å²) in [6.07, 6.45) is -3.37. The van der Waals surface area contributed by atoms with Crippen LogP contribution >= 0.6 is 0 Å². The molecule has 4 aromatic rings. The molecule has 0 fully saturated rings. The molecule has 9 heteroatoms. The molecule has 26 heavy (non-hydrogen) atoms. The van der Waals surface area contributed by atoms with E-state index < -0.39 is 12.0 Å². The summed E-state index contributed by atoms with van der Waals surface area (Å²) in [4.78, 5) is 15.5. The van der Waals surface area contributed by atoms with Crippen LogP contribution in [0, 0.1) is 0 Å². The van der Waals surface area contributed by atoms with Crippen molar-refractivity contribution in [3.63, 3.8) is 0 Å². The Morgan fingerprint density at radius 1 is 1.19 bits per heavy atom. The maximum absolute atomic E-state index is 13.1. The van der Waals surface area contributed by atoms with Crippen molar-refractivity contribution in [2.45, 2.75) is 19.1 Å². The van der Waals surface area contributed by atoms with E-state index in [1.165, 1.54) is 6.33 Å². The van der Waals surface area contributed by atoms with Crippen LogP contribution in [0.5, 0.6) is 0 Å². The van der Waals surface area contributed by atoms with Gasteiger partial charge in [0.2, 0.25) is 5.82 Å². The minimum absolute atomic E-state index is 0.0361. The van der Waals surface area contributed by atoms with Gasteiger partial charge in [0, 0.05) is 12.4 Å². The Morgan fingerprint density at radius 2 is 1.96 bits per heavy atom. The summed E-state index contributed by atoms with van der Waals surface area (Å²) in [5.41, 5.74) is 1.02. The van der Waals surface area contributed by atoms with E-state index in [4.69, 9.17) is 4.42 Å². The fourth-order valence-electron chi connectivity index (χ4n) is 2.78. The molecule has 0 aliphatic heterocycles. The lowest BCUT2D eigenvalue weighted by Gasteiger charge is -2.25. The number of fused-ring (bicyclic) bond motifs is 2. The molecule has 0 saturated carbocycles. The predicted molar refractivity (Wildman–Crippen MR) is 89.7 cm³/mol. The van der Waals surface area contributed by atoms with Crippen molar-refractivity contribution in [1.29, 1.82) is 0 Å². The van der Waals surface area contributed by atoms with Crippen LogP contribution in [-0.4, -0.2) is 27.0 Å². The van der Waals surface area contributed by atoms with Gasteiger partial charge in [0.1, 0.15) is 16.9 Å². The van der Waals surface area contributed by atoms with Crippen molar-refractivity contribution >= 4 is 28.0 Å². The number of para-hydroxylation sites is 1. The number of aromatic nitrogens is 4. The van der Waals surface area contributed by atoms with Crippen molar-refractivity contribution in [3.05, 3.63) is 48.2 Å². The number of alkyl halides is 3. The Kier molecular flexibility index (Phi) is 3.60. The van der Waals surface area contributed by atoms with Gasteiger partial charge in [-0.15, -0.1) is 0 Å². The minimum Gasteiger partial charge on any atom is -0.459 e. The zero-order valence-corrected chi connectivity index (χ0v) is 13.9. The van der Waals surface area contributed by atoms with Crippen LogP contribution in [0.4, 0.5) is 19.0 Å². The lowest BCUT2D eigenvalue weighted by Crippen LogP contribution is -2.24. The summed E-state index contributed by atoms with van der Waals surface area (Å²) in [7, 11) is 1.65. The van der Waals surface area contributed by atoms with Gasteiger partial charge in [-0.2, -0.15) is 13.2 Å². The molecule has 134 valence electrons. The fraction of sp³-hybridized carbons (Fsp3) is 0.235. The number of imidazole rings is 1. The lowest BCUT2D eigenvalue weighted by atomic mass is 10.2. The molecule has 0 aliphatic carbocycles. The molecule has 1 N–H and O–H groups in total. The van der Waals surface area contributed by atoms with E-state index >= 15 is 0 Å². The first-order chi connectivity index (χ1) is 12.3. The number of nitrogens with one attached hydrogen (secondary N) is 1. The molecule has 4 rings (SSSR count). The maximum atomic E-state index is 13.1. The first-order valence-corrected chi connectivity index (χ1v) is 7.84.